The maximum atomic E-state index is 12.5. The monoisotopic (exact) mass is 812 g/mol. The van der Waals surface area contributed by atoms with E-state index in [-0.39, 0.29) is 54.7 Å². The van der Waals surface area contributed by atoms with Gasteiger partial charge in [0.2, 0.25) is 40.2 Å². The van der Waals surface area contributed by atoms with Crippen LogP contribution < -0.4 is 0 Å². The van der Waals surface area contributed by atoms with Gasteiger partial charge < -0.3 is 81.0 Å². The quantitative estimate of drug-likeness (QED) is 0.0453. The van der Waals surface area contributed by atoms with Crippen molar-refractivity contribution in [2.24, 2.45) is 0 Å². The van der Waals surface area contributed by atoms with Crippen molar-refractivity contribution in [3.8, 4) is 131 Å². The average Bonchev–Trinajstić information content (AvgIpc) is 3.66. The van der Waals surface area contributed by atoms with Crippen LogP contribution in [-0.4, -0.2) is 76.6 Å². The first-order valence-corrected chi connectivity index (χ1v) is 17.6. The van der Waals surface area contributed by atoms with Crippen molar-refractivity contribution in [3.63, 3.8) is 0 Å². The van der Waals surface area contributed by atoms with Crippen molar-refractivity contribution >= 4 is 43.5 Å². The highest BCUT2D eigenvalue weighted by Gasteiger charge is 2.36. The second kappa shape index (κ2) is 12.5. The molecule has 8 aromatic carbocycles. The predicted octanol–water partition coefficient (Wildman–Crippen LogP) is 8.14. The Morgan fingerprint density at radius 1 is 0.233 bits per heavy atom. The van der Waals surface area contributed by atoms with Gasteiger partial charge in [0.15, 0.2) is 45.7 Å². The molecule has 1 heterocycles. The number of phenols is 15. The zero-order valence-electron chi connectivity index (χ0n) is 30.1. The van der Waals surface area contributed by atoms with Gasteiger partial charge in [0.25, 0.3) is 0 Å². The van der Waals surface area contributed by atoms with Gasteiger partial charge in [-0.1, -0.05) is 78.9 Å². The Bertz CT molecular complexity index is 3280. The van der Waals surface area contributed by atoms with E-state index in [2.05, 4.69) is 0 Å². The average molecular weight is 813 g/mol. The van der Waals surface area contributed by atoms with Gasteiger partial charge in [-0.15, -0.1) is 0 Å². The van der Waals surface area contributed by atoms with Gasteiger partial charge >= 0.3 is 0 Å². The fourth-order valence-electron chi connectivity index (χ4n) is 8.03. The SMILES string of the molecule is Oc1c(O)c(O)c(-c2c(O)c(O)c(O)c(-c3c4ccccc4c(-c4c(O)c(-c5ccccc5)c(O)c5oc6c(O)c(O)c(O)c(O)c6c45)c4ccccc34)c2O)c(O)c1O. The zero-order valence-corrected chi connectivity index (χ0v) is 30.1. The molecule has 60 heavy (non-hydrogen) atoms. The molecular formula is C44H28O16. The lowest BCUT2D eigenvalue weighted by molar-refractivity contribution is 0.329. The normalized spacial score (nSPS) is 11.7. The molecule has 0 amide bonds. The van der Waals surface area contributed by atoms with E-state index in [1.165, 1.54) is 12.1 Å². The number of hydrogen-bond donors (Lipinski definition) is 15. The lowest BCUT2D eigenvalue weighted by Gasteiger charge is -2.23. The van der Waals surface area contributed by atoms with E-state index in [9.17, 15) is 76.6 Å². The third-order valence-electron chi connectivity index (χ3n) is 10.7. The van der Waals surface area contributed by atoms with Crippen molar-refractivity contribution in [2.75, 3.05) is 0 Å². The first-order chi connectivity index (χ1) is 28.6. The summed E-state index contributed by atoms with van der Waals surface area (Å²) in [6, 6.07) is 20.4. The van der Waals surface area contributed by atoms with Gasteiger partial charge in [0, 0.05) is 22.1 Å². The van der Waals surface area contributed by atoms with Crippen LogP contribution in [0.3, 0.4) is 0 Å². The number of fused-ring (bicyclic) bond motifs is 5. The van der Waals surface area contributed by atoms with Gasteiger partial charge in [0.05, 0.1) is 27.6 Å². The van der Waals surface area contributed by atoms with E-state index in [0.717, 1.165) is 0 Å². The summed E-state index contributed by atoms with van der Waals surface area (Å²) in [6.07, 6.45) is 0. The van der Waals surface area contributed by atoms with Gasteiger partial charge in [-0.3, -0.25) is 0 Å². The molecule has 15 N–H and O–H groups in total. The van der Waals surface area contributed by atoms with E-state index in [1.807, 2.05) is 0 Å². The summed E-state index contributed by atoms with van der Waals surface area (Å²) in [5.74, 6) is -17.2. The van der Waals surface area contributed by atoms with Gasteiger partial charge in [-0.05, 0) is 27.1 Å². The van der Waals surface area contributed by atoms with Gasteiger partial charge in [-0.2, -0.15) is 0 Å². The topological polar surface area (TPSA) is 317 Å². The van der Waals surface area contributed by atoms with Crippen LogP contribution in [0.15, 0.2) is 83.3 Å². The van der Waals surface area contributed by atoms with Crippen molar-refractivity contribution in [1.29, 1.82) is 0 Å². The Labute approximate surface area is 333 Å². The highest BCUT2D eigenvalue weighted by Crippen LogP contribution is 2.65. The Balaban J connectivity index is 1.51. The molecule has 0 saturated carbocycles. The summed E-state index contributed by atoms with van der Waals surface area (Å²) in [5, 5.41) is 166. The molecule has 9 aromatic rings. The minimum absolute atomic E-state index is 0.0828. The van der Waals surface area contributed by atoms with Crippen LogP contribution in [0.4, 0.5) is 0 Å². The van der Waals surface area contributed by atoms with E-state index in [1.54, 1.807) is 66.7 Å². The van der Waals surface area contributed by atoms with Crippen molar-refractivity contribution in [1.82, 2.24) is 0 Å². The molecule has 0 aliphatic rings. The number of furan rings is 1. The van der Waals surface area contributed by atoms with Crippen LogP contribution in [-0.2, 0) is 0 Å². The molecule has 0 fully saturated rings. The minimum Gasteiger partial charge on any atom is -0.506 e. The number of rotatable bonds is 4. The largest absolute Gasteiger partial charge is 0.506 e. The lowest BCUT2D eigenvalue weighted by atomic mass is 9.82. The maximum absolute atomic E-state index is 12.5. The summed E-state index contributed by atoms with van der Waals surface area (Å²) >= 11 is 0. The van der Waals surface area contributed by atoms with Gasteiger partial charge in [-0.25, -0.2) is 0 Å². The third-order valence-corrected chi connectivity index (χ3v) is 10.7. The van der Waals surface area contributed by atoms with Crippen LogP contribution in [0.2, 0.25) is 0 Å². The first kappa shape index (κ1) is 36.7. The van der Waals surface area contributed by atoms with Crippen LogP contribution in [0.5, 0.6) is 86.2 Å². The minimum atomic E-state index is -1.38. The molecule has 0 unspecified atom stereocenters. The summed E-state index contributed by atoms with van der Waals surface area (Å²) in [5.41, 5.74) is -3.70. The molecular weight excluding hydrogens is 784 g/mol. The molecule has 16 heteroatoms. The van der Waals surface area contributed by atoms with E-state index in [4.69, 9.17) is 4.42 Å². The highest BCUT2D eigenvalue weighted by atomic mass is 16.4. The molecule has 16 nitrogen and oxygen atoms in total. The fourth-order valence-corrected chi connectivity index (χ4v) is 8.03. The summed E-state index contributed by atoms with van der Waals surface area (Å²) in [4.78, 5) is 0. The number of phenolic OH excluding ortho intramolecular Hbond substituents is 15. The number of benzene rings is 8. The summed E-state index contributed by atoms with van der Waals surface area (Å²) in [6.45, 7) is 0. The standard InChI is InChI=1S/C44H28O16/c45-28-19(14-8-2-1-3-9-14)35(52)43-23(27-34(51)39(56)41(58)42(59)44(27)60-43)22(28)20-15-10-4-6-12-17(15)21(18-13-7-5-11-16(18)20)24-29(46)25(31(48)36(53)30(24)47)26-32(49)37(54)40(57)38(55)33(26)50/h1-13,45-59H. The van der Waals surface area contributed by atoms with E-state index >= 15 is 0 Å². The maximum Gasteiger partial charge on any atom is 0.208 e. The lowest BCUT2D eigenvalue weighted by Crippen LogP contribution is -1.95. The molecule has 9 rings (SSSR count). The summed E-state index contributed by atoms with van der Waals surface area (Å²) in [7, 11) is 0. The second-order valence-corrected chi connectivity index (χ2v) is 13.8. The molecule has 0 bridgehead atoms. The molecule has 1 aromatic heterocycles. The Kier molecular flexibility index (Phi) is 7.67. The number of aromatic hydroxyl groups is 15. The van der Waals surface area contributed by atoms with Gasteiger partial charge in [0.1, 0.15) is 11.5 Å². The van der Waals surface area contributed by atoms with Crippen LogP contribution >= 0.6 is 0 Å². The molecule has 0 saturated heterocycles. The first-order valence-electron chi connectivity index (χ1n) is 17.6. The number of hydrogen-bond acceptors (Lipinski definition) is 16. The Morgan fingerprint density at radius 3 is 1.07 bits per heavy atom. The highest BCUT2D eigenvalue weighted by molar-refractivity contribution is 6.30. The molecule has 0 spiro atoms. The zero-order chi connectivity index (χ0) is 42.8. The Morgan fingerprint density at radius 2 is 0.567 bits per heavy atom. The molecule has 300 valence electrons. The van der Waals surface area contributed by atoms with Crippen molar-refractivity contribution < 1.29 is 81.0 Å². The van der Waals surface area contributed by atoms with E-state index in [0.29, 0.717) is 0 Å². The fraction of sp³-hybridized carbons (Fsp3) is 0. The van der Waals surface area contributed by atoms with Crippen molar-refractivity contribution in [2.45, 2.75) is 0 Å². The van der Waals surface area contributed by atoms with Crippen LogP contribution in [0, 0.1) is 0 Å². The Hall–Kier alpha value is -8.92. The third kappa shape index (κ3) is 4.60. The molecule has 0 aliphatic carbocycles. The van der Waals surface area contributed by atoms with E-state index < -0.39 is 119 Å². The van der Waals surface area contributed by atoms with Crippen LogP contribution in [0.1, 0.15) is 0 Å². The molecule has 0 atom stereocenters. The molecule has 0 aliphatic heterocycles. The molecule has 0 radical (unpaired) electrons. The van der Waals surface area contributed by atoms with Crippen molar-refractivity contribution in [3.05, 3.63) is 78.9 Å². The van der Waals surface area contributed by atoms with Crippen LogP contribution in [0.25, 0.3) is 88.0 Å². The summed E-state index contributed by atoms with van der Waals surface area (Å²) < 4.78 is 5.93. The predicted molar refractivity (Wildman–Crippen MR) is 215 cm³/mol. The smallest absolute Gasteiger partial charge is 0.208 e. The second-order valence-electron chi connectivity index (χ2n) is 13.8.